The fourth-order valence-corrected chi connectivity index (χ4v) is 1.17. The summed E-state index contributed by atoms with van der Waals surface area (Å²) in [4.78, 5) is 22.2. The molecule has 0 fully saturated rings. The summed E-state index contributed by atoms with van der Waals surface area (Å²) in [6, 6.07) is 6.56. The molecule has 0 unspecified atom stereocenters. The number of nitrogens with zero attached hydrogens (tertiary/aromatic N) is 1. The lowest BCUT2D eigenvalue weighted by Gasteiger charge is -2.02. The zero-order valence-electron chi connectivity index (χ0n) is 10.2. The summed E-state index contributed by atoms with van der Waals surface area (Å²) < 4.78 is 9.24. The molecule has 18 heavy (non-hydrogen) atoms. The summed E-state index contributed by atoms with van der Waals surface area (Å²) in [5, 5.41) is 3.68. The van der Waals surface area contributed by atoms with Crippen molar-refractivity contribution in [1.29, 1.82) is 0 Å². The van der Waals surface area contributed by atoms with Crippen molar-refractivity contribution in [1.82, 2.24) is 0 Å². The fourth-order valence-electron chi connectivity index (χ4n) is 1.17. The standard InChI is InChI=1S/C12H14N2O4/c1-3-18-11(15)8-13-14-10-6-4-5-9(7-10)12(16)17-2/h4-8,14H,3H2,1-2H3/b13-8-. The van der Waals surface area contributed by atoms with Gasteiger partial charge < -0.3 is 9.47 Å². The first kappa shape index (κ1) is 13.7. The number of anilines is 1. The van der Waals surface area contributed by atoms with E-state index in [0.29, 0.717) is 17.9 Å². The van der Waals surface area contributed by atoms with E-state index in [2.05, 4.69) is 20.0 Å². The molecule has 1 N–H and O–H groups in total. The Morgan fingerprint density at radius 3 is 2.89 bits per heavy atom. The van der Waals surface area contributed by atoms with Crippen molar-refractivity contribution in [2.24, 2.45) is 5.10 Å². The van der Waals surface area contributed by atoms with Crippen LogP contribution in [-0.4, -0.2) is 31.9 Å². The van der Waals surface area contributed by atoms with Gasteiger partial charge in [0, 0.05) is 0 Å². The maximum Gasteiger partial charge on any atom is 0.351 e. The van der Waals surface area contributed by atoms with E-state index in [-0.39, 0.29) is 0 Å². The number of esters is 2. The van der Waals surface area contributed by atoms with Crippen LogP contribution in [0.15, 0.2) is 29.4 Å². The van der Waals surface area contributed by atoms with E-state index in [9.17, 15) is 9.59 Å². The molecule has 0 amide bonds. The Balaban J connectivity index is 2.63. The zero-order valence-corrected chi connectivity index (χ0v) is 10.2. The lowest BCUT2D eigenvalue weighted by Crippen LogP contribution is -2.06. The van der Waals surface area contributed by atoms with E-state index in [1.165, 1.54) is 7.11 Å². The van der Waals surface area contributed by atoms with E-state index >= 15 is 0 Å². The Kier molecular flexibility index (Phi) is 5.37. The summed E-state index contributed by atoms with van der Waals surface area (Å²) in [6.45, 7) is 2.00. The zero-order chi connectivity index (χ0) is 13.4. The van der Waals surface area contributed by atoms with Gasteiger partial charge in [-0.15, -0.1) is 0 Å². The van der Waals surface area contributed by atoms with E-state index in [4.69, 9.17) is 0 Å². The molecule has 0 atom stereocenters. The number of hydrogen-bond acceptors (Lipinski definition) is 6. The van der Waals surface area contributed by atoms with Crippen molar-refractivity contribution in [3.05, 3.63) is 29.8 Å². The highest BCUT2D eigenvalue weighted by Gasteiger charge is 2.04. The largest absolute Gasteiger partial charge is 0.465 e. The lowest BCUT2D eigenvalue weighted by atomic mass is 10.2. The van der Waals surface area contributed by atoms with Gasteiger partial charge in [-0.1, -0.05) is 6.07 Å². The SMILES string of the molecule is CCOC(=O)/C=N\Nc1cccc(C(=O)OC)c1. The van der Waals surface area contributed by atoms with Crippen LogP contribution in [0.4, 0.5) is 5.69 Å². The van der Waals surface area contributed by atoms with Gasteiger partial charge in [-0.05, 0) is 25.1 Å². The van der Waals surface area contributed by atoms with Crippen molar-refractivity contribution in [3.8, 4) is 0 Å². The van der Waals surface area contributed by atoms with Crippen LogP contribution in [0.1, 0.15) is 17.3 Å². The topological polar surface area (TPSA) is 77.0 Å². The molecule has 6 nitrogen and oxygen atoms in total. The molecule has 0 aliphatic carbocycles. The minimum absolute atomic E-state index is 0.294. The lowest BCUT2D eigenvalue weighted by molar-refractivity contribution is -0.134. The number of ether oxygens (including phenoxy) is 2. The van der Waals surface area contributed by atoms with E-state index in [0.717, 1.165) is 6.21 Å². The summed E-state index contributed by atoms with van der Waals surface area (Å²) in [6.07, 6.45) is 1.02. The molecule has 96 valence electrons. The smallest absolute Gasteiger partial charge is 0.351 e. The Hall–Kier alpha value is -2.37. The number of benzene rings is 1. The van der Waals surface area contributed by atoms with Crippen LogP contribution in [-0.2, 0) is 14.3 Å². The molecule has 0 bridgehead atoms. The second-order valence-corrected chi connectivity index (χ2v) is 3.19. The van der Waals surface area contributed by atoms with Crippen LogP contribution < -0.4 is 5.43 Å². The second kappa shape index (κ2) is 7.05. The molecule has 0 saturated heterocycles. The maximum atomic E-state index is 11.3. The molecule has 1 aromatic carbocycles. The molecule has 6 heteroatoms. The van der Waals surface area contributed by atoms with E-state index < -0.39 is 11.9 Å². The summed E-state index contributed by atoms with van der Waals surface area (Å²) in [5.74, 6) is -0.970. The second-order valence-electron chi connectivity index (χ2n) is 3.19. The highest BCUT2D eigenvalue weighted by molar-refractivity contribution is 6.23. The first-order valence-corrected chi connectivity index (χ1v) is 5.31. The molecular formula is C12H14N2O4. The minimum Gasteiger partial charge on any atom is -0.465 e. The van der Waals surface area contributed by atoms with Crippen molar-refractivity contribution in [2.75, 3.05) is 19.1 Å². The summed E-state index contributed by atoms with van der Waals surface area (Å²) in [7, 11) is 1.31. The number of carbonyl (C=O) groups is 2. The maximum absolute atomic E-state index is 11.3. The van der Waals surface area contributed by atoms with Crippen LogP contribution >= 0.6 is 0 Å². The van der Waals surface area contributed by atoms with Gasteiger partial charge in [-0.25, -0.2) is 9.59 Å². The molecule has 0 heterocycles. The highest BCUT2D eigenvalue weighted by Crippen LogP contribution is 2.11. The van der Waals surface area contributed by atoms with Gasteiger partial charge in [-0.3, -0.25) is 5.43 Å². The predicted octanol–water partition coefficient (Wildman–Crippen LogP) is 1.43. The molecular weight excluding hydrogens is 236 g/mol. The number of rotatable bonds is 5. The van der Waals surface area contributed by atoms with Gasteiger partial charge in [0.2, 0.25) is 0 Å². The third-order valence-corrected chi connectivity index (χ3v) is 1.93. The average Bonchev–Trinajstić information content (AvgIpc) is 2.38. The first-order chi connectivity index (χ1) is 8.67. The van der Waals surface area contributed by atoms with Crippen molar-refractivity contribution in [2.45, 2.75) is 6.92 Å². The summed E-state index contributed by atoms with van der Waals surface area (Å²) >= 11 is 0. The number of nitrogens with one attached hydrogen (secondary N) is 1. The van der Waals surface area contributed by atoms with Crippen LogP contribution in [0.5, 0.6) is 0 Å². The number of hydrazone groups is 1. The third kappa shape index (κ3) is 4.25. The Morgan fingerprint density at radius 1 is 1.44 bits per heavy atom. The van der Waals surface area contributed by atoms with Crippen molar-refractivity contribution < 1.29 is 19.1 Å². The Labute approximate surface area is 105 Å². The van der Waals surface area contributed by atoms with Crippen LogP contribution in [0.2, 0.25) is 0 Å². The highest BCUT2D eigenvalue weighted by atomic mass is 16.5. The summed E-state index contributed by atoms with van der Waals surface area (Å²) in [5.41, 5.74) is 3.58. The molecule has 0 aliphatic rings. The van der Waals surface area contributed by atoms with Crippen molar-refractivity contribution in [3.63, 3.8) is 0 Å². The molecule has 0 aromatic heterocycles. The van der Waals surface area contributed by atoms with Gasteiger partial charge >= 0.3 is 11.9 Å². The van der Waals surface area contributed by atoms with Crippen LogP contribution in [0.25, 0.3) is 0 Å². The molecule has 0 saturated carbocycles. The van der Waals surface area contributed by atoms with Crippen LogP contribution in [0.3, 0.4) is 0 Å². The van der Waals surface area contributed by atoms with Gasteiger partial charge in [0.25, 0.3) is 0 Å². The predicted molar refractivity (Wildman–Crippen MR) is 66.5 cm³/mol. The van der Waals surface area contributed by atoms with Crippen molar-refractivity contribution >= 4 is 23.8 Å². The number of methoxy groups -OCH3 is 1. The number of carbonyl (C=O) groups excluding carboxylic acids is 2. The monoisotopic (exact) mass is 250 g/mol. The number of hydrogen-bond donors (Lipinski definition) is 1. The third-order valence-electron chi connectivity index (χ3n) is 1.93. The van der Waals surface area contributed by atoms with Gasteiger partial charge in [-0.2, -0.15) is 5.10 Å². The molecule has 0 radical (unpaired) electrons. The Morgan fingerprint density at radius 2 is 2.22 bits per heavy atom. The molecule has 1 aromatic rings. The van der Waals surface area contributed by atoms with Crippen LogP contribution in [0, 0.1) is 0 Å². The van der Waals surface area contributed by atoms with Gasteiger partial charge in [0.05, 0.1) is 25.0 Å². The quantitative estimate of drug-likeness (QED) is 0.486. The molecule has 0 spiro atoms. The Bertz CT molecular complexity index is 457. The molecule has 0 aliphatic heterocycles. The normalized spacial score (nSPS) is 10.1. The molecule has 1 rings (SSSR count). The fraction of sp³-hybridized carbons (Fsp3) is 0.250. The first-order valence-electron chi connectivity index (χ1n) is 5.31. The van der Waals surface area contributed by atoms with Gasteiger partial charge in [0.1, 0.15) is 6.21 Å². The van der Waals surface area contributed by atoms with Gasteiger partial charge in [0.15, 0.2) is 0 Å². The van der Waals surface area contributed by atoms with E-state index in [1.807, 2.05) is 0 Å². The van der Waals surface area contributed by atoms with E-state index in [1.54, 1.807) is 31.2 Å². The average molecular weight is 250 g/mol. The minimum atomic E-state index is -0.533.